The van der Waals surface area contributed by atoms with Crippen LogP contribution in [0.4, 0.5) is 39.8 Å². The number of fused-ring (bicyclic) bond motifs is 19. The lowest BCUT2D eigenvalue weighted by Gasteiger charge is -2.34. The highest BCUT2D eigenvalue weighted by Crippen LogP contribution is 2.53. The van der Waals surface area contributed by atoms with Crippen LogP contribution in [0.1, 0.15) is 11.5 Å². The van der Waals surface area contributed by atoms with E-state index in [1.807, 2.05) is 11.3 Å². The molecule has 0 radical (unpaired) electrons. The second-order valence-corrected chi connectivity index (χ2v) is 30.2. The van der Waals surface area contributed by atoms with E-state index < -0.39 is 0 Å². The number of rotatable bonds is 12. The van der Waals surface area contributed by atoms with Crippen LogP contribution >= 0.6 is 11.3 Å². The Bertz CT molecular complexity index is 7210. The Hall–Kier alpha value is -14.2. The molecule has 0 spiro atoms. The van der Waals surface area contributed by atoms with Gasteiger partial charge in [0.25, 0.3) is 0 Å². The summed E-state index contributed by atoms with van der Waals surface area (Å²) in [5, 5.41) is 12.1. The maximum atomic E-state index is 2.56. The number of para-hydroxylation sites is 9. The summed E-state index contributed by atoms with van der Waals surface area (Å²) < 4.78 is 12.3. The second-order valence-electron chi connectivity index (χ2n) is 29.1. The van der Waals surface area contributed by atoms with Gasteiger partial charge in [0.2, 0.25) is 0 Å². The zero-order valence-corrected chi connectivity index (χ0v) is 60.5. The monoisotopic (exact) mass is 1420 g/mol. The van der Waals surface area contributed by atoms with E-state index in [-0.39, 0.29) is 12.0 Å². The summed E-state index contributed by atoms with van der Waals surface area (Å²) in [7, 11) is 0. The number of anilines is 7. The Morgan fingerprint density at radius 1 is 0.264 bits per heavy atom. The summed E-state index contributed by atoms with van der Waals surface area (Å²) in [5.41, 5.74) is 25.8. The molecule has 6 heterocycles. The van der Waals surface area contributed by atoms with Crippen LogP contribution in [-0.2, 0) is 0 Å². The van der Waals surface area contributed by atoms with E-state index >= 15 is 0 Å². The first-order valence-corrected chi connectivity index (χ1v) is 38.7. The third-order valence-electron chi connectivity index (χ3n) is 23.2. The van der Waals surface area contributed by atoms with Gasteiger partial charge in [-0.3, -0.25) is 0 Å². The van der Waals surface area contributed by atoms with Crippen molar-refractivity contribution in [2.75, 3.05) is 14.7 Å². The van der Waals surface area contributed by atoms with Crippen LogP contribution in [0.15, 0.2) is 400 Å². The summed E-state index contributed by atoms with van der Waals surface area (Å²) in [5.74, 6) is 0.0151. The molecular weight excluding hydrogens is 1360 g/mol. The van der Waals surface area contributed by atoms with Gasteiger partial charge in [0, 0.05) is 137 Å². The third kappa shape index (κ3) is 9.56. The van der Waals surface area contributed by atoms with Gasteiger partial charge in [-0.2, -0.15) is 0 Å². The Labute approximate surface area is 638 Å². The van der Waals surface area contributed by atoms with Crippen molar-refractivity contribution in [1.82, 2.24) is 18.3 Å². The van der Waals surface area contributed by atoms with Gasteiger partial charge in [0.1, 0.15) is 0 Å². The van der Waals surface area contributed by atoms with Gasteiger partial charge in [-0.25, -0.2) is 0 Å². The molecule has 23 rings (SSSR count). The van der Waals surface area contributed by atoms with E-state index in [9.17, 15) is 0 Å². The van der Waals surface area contributed by atoms with E-state index in [1.54, 1.807) is 0 Å². The number of allylic oxidation sites excluding steroid dienone is 1. The van der Waals surface area contributed by atoms with E-state index in [0.29, 0.717) is 0 Å². The molecule has 0 fully saturated rings. The minimum Gasteiger partial charge on any atom is -0.333 e. The Kier molecular flexibility index (Phi) is 13.9. The number of benzene rings is 16. The molecular formula is C102H67N7S. The molecule has 2 unspecified atom stereocenters. The molecule has 0 saturated heterocycles. The first-order chi connectivity index (χ1) is 54.6. The van der Waals surface area contributed by atoms with Crippen molar-refractivity contribution in [3.05, 3.63) is 406 Å². The molecule has 21 aromatic rings. The van der Waals surface area contributed by atoms with Crippen molar-refractivity contribution >= 4 is 159 Å². The molecule has 0 bridgehead atoms. The smallest absolute Gasteiger partial charge is 0.0631 e. The number of thiophene rings is 1. The lowest BCUT2D eigenvalue weighted by molar-refractivity contribution is 0.736. The number of aromatic nitrogens is 4. The molecule has 1 aliphatic carbocycles. The summed E-state index contributed by atoms with van der Waals surface area (Å²) in [4.78, 5) is 7.64. The number of nitrogens with zero attached hydrogens (tertiary/aromatic N) is 7. The largest absolute Gasteiger partial charge is 0.333 e. The zero-order valence-electron chi connectivity index (χ0n) is 59.7. The highest BCUT2D eigenvalue weighted by atomic mass is 32.1. The molecule has 8 heteroatoms. The van der Waals surface area contributed by atoms with E-state index in [4.69, 9.17) is 0 Å². The first-order valence-electron chi connectivity index (χ1n) is 37.9. The molecule has 5 aromatic heterocycles. The fraction of sp³-hybridized carbons (Fsp3) is 0.0196. The van der Waals surface area contributed by atoms with Gasteiger partial charge in [-0.05, 0) is 205 Å². The molecule has 110 heavy (non-hydrogen) atoms. The minimum absolute atomic E-state index is 0.0151. The maximum absolute atomic E-state index is 2.56. The van der Waals surface area contributed by atoms with Crippen molar-refractivity contribution < 1.29 is 0 Å². The number of hydrogen-bond acceptors (Lipinski definition) is 4. The first kappa shape index (κ1) is 62.1. The van der Waals surface area contributed by atoms with Crippen molar-refractivity contribution in [2.45, 2.75) is 12.0 Å². The molecule has 16 aromatic carbocycles. The fourth-order valence-electron chi connectivity index (χ4n) is 18.5. The summed E-state index contributed by atoms with van der Waals surface area (Å²) in [6, 6.07) is 140. The lowest BCUT2D eigenvalue weighted by Crippen LogP contribution is -2.30. The maximum Gasteiger partial charge on any atom is 0.0631 e. The van der Waals surface area contributed by atoms with E-state index in [2.05, 4.69) is 427 Å². The second kappa shape index (κ2) is 24.7. The van der Waals surface area contributed by atoms with Crippen LogP contribution in [-0.4, -0.2) is 24.3 Å². The Balaban J connectivity index is 0.827. The van der Waals surface area contributed by atoms with Crippen molar-refractivity contribution in [3.63, 3.8) is 0 Å². The van der Waals surface area contributed by atoms with Crippen LogP contribution in [0.25, 0.3) is 141 Å². The molecule has 0 N–H and O–H groups in total. The molecule has 7 nitrogen and oxygen atoms in total. The standard InChI is InChI=1S/C102H67N7S/c1-6-26-68(27-7-1)105-90-41-21-16-36-79(90)85-62-73(47-53-94(85)105)103(74-48-54-95-86(63-74)80-37-17-22-42-91(80)106(95)69-28-8-2-9-29-69)77-58-67(66-46-52-98-89(60-66)101-99(109(98)72-34-14-5-15-35-72)57-51-84-83-40-20-25-45-100(83)110-102(84)101)59-78(61-77)104(75-49-55-96-87(64-75)81-38-18-23-43-92(81)107(96)70-30-10-3-11-31-70)76-50-56-97-88(65-76)82-39-19-24-44-93(82)108(97)71-32-12-4-13-33-71/h1-65,85,94H. The molecule has 2 aliphatic rings. The predicted octanol–water partition coefficient (Wildman–Crippen LogP) is 27.5. The normalized spacial score (nSPS) is 14.2. The predicted molar refractivity (Wildman–Crippen MR) is 464 cm³/mol. The van der Waals surface area contributed by atoms with Crippen LogP contribution < -0.4 is 14.7 Å². The van der Waals surface area contributed by atoms with Crippen LogP contribution in [0.2, 0.25) is 0 Å². The van der Waals surface area contributed by atoms with E-state index in [1.165, 1.54) is 74.9 Å². The Morgan fingerprint density at radius 3 is 1.21 bits per heavy atom. The van der Waals surface area contributed by atoms with Crippen molar-refractivity contribution in [3.8, 4) is 33.9 Å². The van der Waals surface area contributed by atoms with Crippen LogP contribution in [0.5, 0.6) is 0 Å². The van der Waals surface area contributed by atoms with Crippen LogP contribution in [0, 0.1) is 0 Å². The van der Waals surface area contributed by atoms with Gasteiger partial charge in [0.15, 0.2) is 0 Å². The average molecular weight is 1420 g/mol. The van der Waals surface area contributed by atoms with Gasteiger partial charge >= 0.3 is 0 Å². The summed E-state index contributed by atoms with van der Waals surface area (Å²) in [6.07, 6.45) is 7.42. The summed E-state index contributed by atoms with van der Waals surface area (Å²) in [6.45, 7) is 0. The average Bonchev–Trinajstić information content (AvgIpc) is 1.56. The Morgan fingerprint density at radius 2 is 0.673 bits per heavy atom. The topological polar surface area (TPSA) is 29.4 Å². The summed E-state index contributed by atoms with van der Waals surface area (Å²) >= 11 is 1.90. The van der Waals surface area contributed by atoms with Crippen molar-refractivity contribution in [2.24, 2.45) is 0 Å². The zero-order chi connectivity index (χ0) is 72.1. The van der Waals surface area contributed by atoms with Gasteiger partial charge < -0.3 is 33.0 Å². The van der Waals surface area contributed by atoms with Gasteiger partial charge in [0.05, 0.1) is 50.2 Å². The molecule has 0 amide bonds. The van der Waals surface area contributed by atoms with Gasteiger partial charge in [-0.1, -0.05) is 206 Å². The molecule has 0 saturated carbocycles. The highest BCUT2D eigenvalue weighted by Gasteiger charge is 2.39. The quantitative estimate of drug-likeness (QED) is 0.122. The third-order valence-corrected chi connectivity index (χ3v) is 24.4. The molecule has 2 atom stereocenters. The highest BCUT2D eigenvalue weighted by molar-refractivity contribution is 7.26. The van der Waals surface area contributed by atoms with E-state index in [0.717, 1.165) is 117 Å². The van der Waals surface area contributed by atoms with Crippen LogP contribution in [0.3, 0.4) is 0 Å². The SMILES string of the molecule is C1=CC2C(C=C1N(c1cc(-c3ccc4c(c3)c3c5sc6ccccc6c5ccc3n4-c3ccccc3)cc(N(c3ccc4c(c3)c3ccccc3n4-c3ccccc3)c3ccc4c(c3)c3ccccc3n4-c3ccccc3)c1)c1ccc3c(c1)c1ccccc1n3-c1ccccc1)c1ccccc1N2c1ccccc1. The lowest BCUT2D eigenvalue weighted by atomic mass is 9.89. The number of hydrogen-bond donors (Lipinski definition) is 0. The minimum atomic E-state index is 0.0151. The fourth-order valence-corrected chi connectivity index (χ4v) is 19.7. The molecule has 1 aliphatic heterocycles. The van der Waals surface area contributed by atoms with Crippen molar-refractivity contribution in [1.29, 1.82) is 0 Å². The molecule has 516 valence electrons. The van der Waals surface area contributed by atoms with Gasteiger partial charge in [-0.15, -0.1) is 11.3 Å².